The first kappa shape index (κ1) is 11.1. The van der Waals surface area contributed by atoms with Crippen LogP contribution in [0.2, 0.25) is 0 Å². The van der Waals surface area contributed by atoms with Crippen LogP contribution in [0.25, 0.3) is 10.8 Å². The quantitative estimate of drug-likeness (QED) is 0.891. The van der Waals surface area contributed by atoms with E-state index < -0.39 is 0 Å². The van der Waals surface area contributed by atoms with Gasteiger partial charge in [0.2, 0.25) is 0 Å². The number of aliphatic imine (C=N–C) groups is 1. The normalized spacial score (nSPS) is 14.3. The van der Waals surface area contributed by atoms with Crippen LogP contribution in [0.4, 0.5) is 0 Å². The lowest BCUT2D eigenvalue weighted by Crippen LogP contribution is -2.20. The molecule has 0 amide bonds. The Morgan fingerprint density at radius 1 is 1.11 bits per heavy atom. The molecule has 0 bridgehead atoms. The summed E-state index contributed by atoms with van der Waals surface area (Å²) in [4.78, 5) is 4.34. The third kappa shape index (κ3) is 2.45. The van der Waals surface area contributed by atoms with Crippen LogP contribution in [0.5, 0.6) is 5.75 Å². The van der Waals surface area contributed by atoms with E-state index >= 15 is 0 Å². The Kier molecular flexibility index (Phi) is 3.13. The maximum atomic E-state index is 5.76. The molecule has 18 heavy (non-hydrogen) atoms. The summed E-state index contributed by atoms with van der Waals surface area (Å²) in [5.74, 6) is 1.99. The minimum Gasteiger partial charge on any atom is -0.493 e. The van der Waals surface area contributed by atoms with Crippen LogP contribution in [-0.4, -0.2) is 25.5 Å². The number of hydrogen-bond donors (Lipinski definition) is 1. The van der Waals surface area contributed by atoms with E-state index in [2.05, 4.69) is 34.6 Å². The van der Waals surface area contributed by atoms with Gasteiger partial charge in [-0.05, 0) is 22.9 Å². The maximum Gasteiger partial charge on any atom is 0.119 e. The van der Waals surface area contributed by atoms with Gasteiger partial charge < -0.3 is 10.1 Å². The molecule has 1 aliphatic rings. The van der Waals surface area contributed by atoms with Crippen molar-refractivity contribution in [3.05, 3.63) is 42.5 Å². The van der Waals surface area contributed by atoms with Crippen molar-refractivity contribution in [3.63, 3.8) is 0 Å². The van der Waals surface area contributed by atoms with Crippen LogP contribution in [0.3, 0.4) is 0 Å². The topological polar surface area (TPSA) is 33.6 Å². The third-order valence-corrected chi connectivity index (χ3v) is 3.07. The SMILES string of the molecule is c1ccc2cc(OCCC3=NCCN3)ccc2c1. The number of amidine groups is 1. The second-order valence-corrected chi connectivity index (χ2v) is 4.36. The molecule has 1 aliphatic heterocycles. The first-order valence-corrected chi connectivity index (χ1v) is 6.31. The number of nitrogens with one attached hydrogen (secondary N) is 1. The highest BCUT2D eigenvalue weighted by molar-refractivity contribution is 5.84. The van der Waals surface area contributed by atoms with Crippen LogP contribution in [0, 0.1) is 0 Å². The van der Waals surface area contributed by atoms with Gasteiger partial charge in [0.05, 0.1) is 19.0 Å². The molecular weight excluding hydrogens is 224 g/mol. The fourth-order valence-electron chi connectivity index (χ4n) is 2.14. The monoisotopic (exact) mass is 240 g/mol. The summed E-state index contributed by atoms with van der Waals surface area (Å²) < 4.78 is 5.76. The van der Waals surface area contributed by atoms with Gasteiger partial charge in [-0.3, -0.25) is 4.99 Å². The van der Waals surface area contributed by atoms with Crippen LogP contribution < -0.4 is 10.1 Å². The summed E-state index contributed by atoms with van der Waals surface area (Å²) in [6.07, 6.45) is 0.854. The second kappa shape index (κ2) is 5.08. The van der Waals surface area contributed by atoms with Crippen molar-refractivity contribution in [1.29, 1.82) is 0 Å². The Hall–Kier alpha value is -2.03. The Morgan fingerprint density at radius 2 is 2.00 bits per heavy atom. The molecule has 1 N–H and O–H groups in total. The van der Waals surface area contributed by atoms with Crippen LogP contribution in [-0.2, 0) is 0 Å². The third-order valence-electron chi connectivity index (χ3n) is 3.07. The molecule has 3 nitrogen and oxygen atoms in total. The second-order valence-electron chi connectivity index (χ2n) is 4.36. The van der Waals surface area contributed by atoms with Crippen LogP contribution in [0.1, 0.15) is 6.42 Å². The molecule has 3 rings (SSSR count). The number of hydrogen-bond acceptors (Lipinski definition) is 3. The molecule has 0 saturated carbocycles. The molecular formula is C15H16N2O. The highest BCUT2D eigenvalue weighted by Crippen LogP contribution is 2.20. The van der Waals surface area contributed by atoms with Crippen molar-refractivity contribution in [2.75, 3.05) is 19.7 Å². The molecule has 0 fully saturated rings. The van der Waals surface area contributed by atoms with Crippen molar-refractivity contribution in [2.45, 2.75) is 6.42 Å². The fourth-order valence-corrected chi connectivity index (χ4v) is 2.14. The number of rotatable bonds is 4. The van der Waals surface area contributed by atoms with E-state index in [9.17, 15) is 0 Å². The number of benzene rings is 2. The minimum atomic E-state index is 0.671. The largest absolute Gasteiger partial charge is 0.493 e. The average molecular weight is 240 g/mol. The molecule has 0 spiro atoms. The zero-order valence-corrected chi connectivity index (χ0v) is 10.2. The van der Waals surface area contributed by atoms with Crippen molar-refractivity contribution in [1.82, 2.24) is 5.32 Å². The minimum absolute atomic E-state index is 0.671. The number of nitrogens with zero attached hydrogens (tertiary/aromatic N) is 1. The van der Waals surface area contributed by atoms with E-state index in [1.165, 1.54) is 10.8 Å². The van der Waals surface area contributed by atoms with Crippen molar-refractivity contribution in [3.8, 4) is 5.75 Å². The molecule has 1 heterocycles. The van der Waals surface area contributed by atoms with Crippen molar-refractivity contribution < 1.29 is 4.74 Å². The highest BCUT2D eigenvalue weighted by Gasteiger charge is 2.04. The van der Waals surface area contributed by atoms with Crippen molar-refractivity contribution >= 4 is 16.6 Å². The van der Waals surface area contributed by atoms with Crippen LogP contribution >= 0.6 is 0 Å². The Bertz CT molecular complexity index is 577. The lowest BCUT2D eigenvalue weighted by Gasteiger charge is -2.07. The summed E-state index contributed by atoms with van der Waals surface area (Å²) >= 11 is 0. The predicted octanol–water partition coefficient (Wildman–Crippen LogP) is 2.61. The Labute approximate surface area is 106 Å². The Morgan fingerprint density at radius 3 is 2.83 bits per heavy atom. The van der Waals surface area contributed by atoms with E-state index in [1.54, 1.807) is 0 Å². The summed E-state index contributed by atoms with van der Waals surface area (Å²) in [7, 11) is 0. The lowest BCUT2D eigenvalue weighted by molar-refractivity contribution is 0.329. The van der Waals surface area contributed by atoms with Gasteiger partial charge >= 0.3 is 0 Å². The predicted molar refractivity (Wildman–Crippen MR) is 74.4 cm³/mol. The van der Waals surface area contributed by atoms with Gasteiger partial charge in [-0.1, -0.05) is 30.3 Å². The molecule has 0 unspecified atom stereocenters. The molecule has 0 atom stereocenters. The number of fused-ring (bicyclic) bond motifs is 1. The smallest absolute Gasteiger partial charge is 0.119 e. The zero-order valence-electron chi connectivity index (χ0n) is 10.2. The van der Waals surface area contributed by atoms with Gasteiger partial charge in [-0.25, -0.2) is 0 Å². The van der Waals surface area contributed by atoms with E-state index in [-0.39, 0.29) is 0 Å². The van der Waals surface area contributed by atoms with Gasteiger partial charge in [0.25, 0.3) is 0 Å². The molecule has 92 valence electrons. The molecule has 2 aromatic carbocycles. The summed E-state index contributed by atoms with van der Waals surface area (Å²) in [5.41, 5.74) is 0. The van der Waals surface area contributed by atoms with Gasteiger partial charge in [0, 0.05) is 13.0 Å². The molecule has 0 aromatic heterocycles. The standard InChI is InChI=1S/C15H16N2O/c1-2-4-13-11-14(6-5-12(13)3-1)18-10-7-15-16-8-9-17-15/h1-6,11H,7-10H2,(H,16,17). The van der Waals surface area contributed by atoms with E-state index in [1.807, 2.05) is 18.2 Å². The highest BCUT2D eigenvalue weighted by atomic mass is 16.5. The average Bonchev–Trinajstić information content (AvgIpc) is 2.92. The fraction of sp³-hybridized carbons (Fsp3) is 0.267. The lowest BCUT2D eigenvalue weighted by atomic mass is 10.1. The molecule has 3 heteroatoms. The summed E-state index contributed by atoms with van der Waals surface area (Å²) in [5, 5.41) is 5.70. The Balaban J connectivity index is 1.63. The van der Waals surface area contributed by atoms with E-state index in [0.717, 1.165) is 31.1 Å². The molecule has 0 aliphatic carbocycles. The van der Waals surface area contributed by atoms with Crippen molar-refractivity contribution in [2.24, 2.45) is 4.99 Å². The first-order valence-electron chi connectivity index (χ1n) is 6.31. The van der Waals surface area contributed by atoms with Gasteiger partial charge in [-0.2, -0.15) is 0 Å². The van der Waals surface area contributed by atoms with Crippen LogP contribution in [0.15, 0.2) is 47.5 Å². The van der Waals surface area contributed by atoms with E-state index in [4.69, 9.17) is 4.74 Å². The van der Waals surface area contributed by atoms with Gasteiger partial charge in [0.1, 0.15) is 5.75 Å². The van der Waals surface area contributed by atoms with E-state index in [0.29, 0.717) is 6.61 Å². The number of ether oxygens (including phenoxy) is 1. The van der Waals surface area contributed by atoms with Gasteiger partial charge in [-0.15, -0.1) is 0 Å². The molecule has 0 radical (unpaired) electrons. The summed E-state index contributed by atoms with van der Waals surface area (Å²) in [6.45, 7) is 2.53. The molecule has 2 aromatic rings. The summed E-state index contributed by atoms with van der Waals surface area (Å²) in [6, 6.07) is 14.5. The maximum absolute atomic E-state index is 5.76. The van der Waals surface area contributed by atoms with Gasteiger partial charge in [0.15, 0.2) is 0 Å². The first-order chi connectivity index (χ1) is 8.92. The molecule has 0 saturated heterocycles. The zero-order chi connectivity index (χ0) is 12.2.